The molecule has 1 saturated carbocycles. The molecule has 0 spiro atoms. The minimum atomic E-state index is -0.537. The van der Waals surface area contributed by atoms with Crippen molar-refractivity contribution in [3.05, 3.63) is 34.9 Å². The van der Waals surface area contributed by atoms with Crippen LogP contribution in [0.25, 0.3) is 0 Å². The second kappa shape index (κ2) is 4.25. The number of nitrogens with two attached hydrogens (primary N) is 1. The van der Waals surface area contributed by atoms with Gasteiger partial charge >= 0.3 is 0 Å². The van der Waals surface area contributed by atoms with E-state index < -0.39 is 17.7 Å². The molecule has 2 rings (SSSR count). The van der Waals surface area contributed by atoms with Gasteiger partial charge in [0.05, 0.1) is 6.04 Å². The molecular weight excluding hydrogens is 246 g/mol. The van der Waals surface area contributed by atoms with Crippen LogP contribution in [0, 0.1) is 35.3 Å². The molecule has 4 heteroatoms. The Labute approximate surface area is 113 Å². The molecule has 1 aliphatic carbocycles. The van der Waals surface area contributed by atoms with E-state index in [0.29, 0.717) is 5.56 Å². The number of hydrogen-bond acceptors (Lipinski definition) is 2. The molecule has 1 aliphatic rings. The summed E-state index contributed by atoms with van der Waals surface area (Å²) in [6.45, 7) is 10.1. The van der Waals surface area contributed by atoms with Gasteiger partial charge in [0.2, 0.25) is 0 Å². The van der Waals surface area contributed by atoms with Gasteiger partial charge in [-0.3, -0.25) is 11.3 Å². The molecule has 0 aromatic heterocycles. The van der Waals surface area contributed by atoms with Crippen molar-refractivity contribution in [2.24, 2.45) is 22.6 Å². The highest BCUT2D eigenvalue weighted by molar-refractivity contribution is 5.33. The largest absolute Gasteiger partial charge is 0.271 e. The van der Waals surface area contributed by atoms with E-state index in [1.54, 1.807) is 6.92 Å². The predicted octanol–water partition coefficient (Wildman–Crippen LogP) is 3.46. The number of benzene rings is 1. The fraction of sp³-hybridized carbons (Fsp3) is 0.600. The number of aryl methyl sites for hydroxylation is 1. The summed E-state index contributed by atoms with van der Waals surface area (Å²) in [4.78, 5) is 0. The Morgan fingerprint density at radius 2 is 1.68 bits per heavy atom. The minimum absolute atomic E-state index is 0.00728. The van der Waals surface area contributed by atoms with Crippen molar-refractivity contribution < 1.29 is 8.78 Å². The van der Waals surface area contributed by atoms with Gasteiger partial charge in [-0.1, -0.05) is 33.8 Å². The molecule has 2 nitrogen and oxygen atoms in total. The van der Waals surface area contributed by atoms with E-state index in [2.05, 4.69) is 33.1 Å². The van der Waals surface area contributed by atoms with Crippen LogP contribution in [0.3, 0.4) is 0 Å². The van der Waals surface area contributed by atoms with Crippen LogP contribution in [0.1, 0.15) is 44.9 Å². The molecule has 0 radical (unpaired) electrons. The van der Waals surface area contributed by atoms with Crippen molar-refractivity contribution in [2.45, 2.75) is 40.7 Å². The van der Waals surface area contributed by atoms with E-state index in [4.69, 9.17) is 5.84 Å². The standard InChI is InChI=1S/C15H22F2N2/c1-8-6-7-9(16)10(11(8)17)12(19-18)13-14(2,3)15(13,4)5/h6-7,12-13,19H,18H2,1-5H3. The Morgan fingerprint density at radius 3 is 2.11 bits per heavy atom. The second-order valence-electron chi connectivity index (χ2n) is 6.66. The fourth-order valence-electron chi connectivity index (χ4n) is 3.39. The first-order chi connectivity index (χ1) is 8.66. The molecule has 1 aromatic rings. The van der Waals surface area contributed by atoms with Crippen molar-refractivity contribution in [2.75, 3.05) is 0 Å². The number of nitrogens with one attached hydrogen (secondary N) is 1. The number of rotatable bonds is 3. The lowest BCUT2D eigenvalue weighted by atomic mass is 9.94. The molecule has 3 N–H and O–H groups in total. The lowest BCUT2D eigenvalue weighted by Crippen LogP contribution is -2.33. The van der Waals surface area contributed by atoms with Crippen molar-refractivity contribution in [3.63, 3.8) is 0 Å². The minimum Gasteiger partial charge on any atom is -0.271 e. The van der Waals surface area contributed by atoms with Crippen molar-refractivity contribution in [1.29, 1.82) is 0 Å². The molecule has 0 amide bonds. The van der Waals surface area contributed by atoms with Crippen LogP contribution in [-0.2, 0) is 0 Å². The summed E-state index contributed by atoms with van der Waals surface area (Å²) < 4.78 is 28.3. The van der Waals surface area contributed by atoms with Gasteiger partial charge in [-0.2, -0.15) is 0 Å². The van der Waals surface area contributed by atoms with Gasteiger partial charge in [-0.05, 0) is 35.3 Å². The van der Waals surface area contributed by atoms with Crippen LogP contribution < -0.4 is 11.3 Å². The molecular formula is C15H22F2N2. The van der Waals surface area contributed by atoms with Crippen LogP contribution in [0.4, 0.5) is 8.78 Å². The van der Waals surface area contributed by atoms with E-state index in [9.17, 15) is 8.78 Å². The SMILES string of the molecule is Cc1ccc(F)c(C(NN)C2C(C)(C)C2(C)C)c1F. The maximum absolute atomic E-state index is 14.3. The van der Waals surface area contributed by atoms with E-state index in [-0.39, 0.29) is 22.3 Å². The topological polar surface area (TPSA) is 38.0 Å². The van der Waals surface area contributed by atoms with Gasteiger partial charge in [-0.25, -0.2) is 8.78 Å². The highest BCUT2D eigenvalue weighted by Crippen LogP contribution is 2.72. The van der Waals surface area contributed by atoms with E-state index >= 15 is 0 Å². The zero-order chi connectivity index (χ0) is 14.6. The van der Waals surface area contributed by atoms with Crippen LogP contribution >= 0.6 is 0 Å². The molecule has 1 aromatic carbocycles. The normalized spacial score (nSPS) is 22.3. The highest BCUT2D eigenvalue weighted by Gasteiger charge is 2.67. The van der Waals surface area contributed by atoms with Crippen molar-refractivity contribution >= 4 is 0 Å². The molecule has 0 heterocycles. The monoisotopic (exact) mass is 268 g/mol. The Balaban J connectivity index is 2.49. The Hall–Kier alpha value is -1.00. The summed E-state index contributed by atoms with van der Waals surface area (Å²) in [5.41, 5.74) is 3.10. The first-order valence-corrected chi connectivity index (χ1v) is 6.57. The van der Waals surface area contributed by atoms with Crippen LogP contribution in [0.5, 0.6) is 0 Å². The first-order valence-electron chi connectivity index (χ1n) is 6.57. The van der Waals surface area contributed by atoms with Gasteiger partial charge < -0.3 is 0 Å². The fourth-order valence-corrected chi connectivity index (χ4v) is 3.39. The van der Waals surface area contributed by atoms with Gasteiger partial charge in [0.15, 0.2) is 0 Å². The number of hydrazine groups is 1. The third-order valence-electron chi connectivity index (χ3n) is 5.28. The average Bonchev–Trinajstić information content (AvgIpc) is 2.71. The van der Waals surface area contributed by atoms with E-state index in [1.165, 1.54) is 12.1 Å². The van der Waals surface area contributed by atoms with Crippen molar-refractivity contribution in [1.82, 2.24) is 5.43 Å². The summed E-state index contributed by atoms with van der Waals surface area (Å²) >= 11 is 0. The zero-order valence-corrected chi connectivity index (χ0v) is 12.1. The van der Waals surface area contributed by atoms with E-state index in [1.807, 2.05) is 0 Å². The summed E-state index contributed by atoms with van der Waals surface area (Å²) in [6.07, 6.45) is 0. The van der Waals surface area contributed by atoms with Crippen LogP contribution in [0.2, 0.25) is 0 Å². The molecule has 106 valence electrons. The molecule has 0 saturated heterocycles. The van der Waals surface area contributed by atoms with Gasteiger partial charge in [-0.15, -0.1) is 0 Å². The van der Waals surface area contributed by atoms with Crippen molar-refractivity contribution in [3.8, 4) is 0 Å². The molecule has 1 fully saturated rings. The third-order valence-corrected chi connectivity index (χ3v) is 5.28. The second-order valence-corrected chi connectivity index (χ2v) is 6.66. The lowest BCUT2D eigenvalue weighted by Gasteiger charge is -2.21. The number of hydrogen-bond donors (Lipinski definition) is 2. The summed E-state index contributed by atoms with van der Waals surface area (Å²) in [7, 11) is 0. The average molecular weight is 268 g/mol. The van der Waals surface area contributed by atoms with Crippen LogP contribution in [0.15, 0.2) is 12.1 Å². The quantitative estimate of drug-likeness (QED) is 0.651. The summed E-state index contributed by atoms with van der Waals surface area (Å²) in [6, 6.07) is 2.25. The van der Waals surface area contributed by atoms with Gasteiger partial charge in [0.1, 0.15) is 11.6 Å². The molecule has 1 unspecified atom stereocenters. The smallest absolute Gasteiger partial charge is 0.133 e. The highest BCUT2D eigenvalue weighted by atomic mass is 19.1. The summed E-state index contributed by atoms with van der Waals surface area (Å²) in [5.74, 6) is 4.65. The van der Waals surface area contributed by atoms with E-state index in [0.717, 1.165) is 0 Å². The maximum Gasteiger partial charge on any atom is 0.133 e. The molecule has 0 bridgehead atoms. The molecule has 0 aliphatic heterocycles. The van der Waals surface area contributed by atoms with Gasteiger partial charge in [0, 0.05) is 5.56 Å². The zero-order valence-electron chi connectivity index (χ0n) is 12.1. The number of halogens is 2. The first kappa shape index (κ1) is 14.4. The maximum atomic E-state index is 14.3. The van der Waals surface area contributed by atoms with Crippen LogP contribution in [-0.4, -0.2) is 0 Å². The molecule has 19 heavy (non-hydrogen) atoms. The summed E-state index contributed by atoms with van der Waals surface area (Å²) in [5, 5.41) is 0. The predicted molar refractivity (Wildman–Crippen MR) is 72.2 cm³/mol. The third kappa shape index (κ3) is 1.89. The molecule has 1 atom stereocenters. The lowest BCUT2D eigenvalue weighted by molar-refractivity contribution is 0.385. The Morgan fingerprint density at radius 1 is 1.16 bits per heavy atom. The van der Waals surface area contributed by atoms with Gasteiger partial charge in [0.25, 0.3) is 0 Å². The Kier molecular flexibility index (Phi) is 3.22. The Bertz CT molecular complexity index is 495.